The van der Waals surface area contributed by atoms with Crippen LogP contribution in [0.2, 0.25) is 0 Å². The van der Waals surface area contributed by atoms with E-state index in [1.807, 2.05) is 16.8 Å². The lowest BCUT2D eigenvalue weighted by atomic mass is 9.93. The van der Waals surface area contributed by atoms with E-state index in [9.17, 15) is 9.59 Å². The number of carboxylic acids is 1. The van der Waals surface area contributed by atoms with E-state index in [2.05, 4.69) is 15.5 Å². The number of carbonyl (C=O) groups is 2. The zero-order chi connectivity index (χ0) is 17.0. The summed E-state index contributed by atoms with van der Waals surface area (Å²) in [5.74, 6) is -0.196. The summed E-state index contributed by atoms with van der Waals surface area (Å²) in [5, 5.41) is 23.8. The molecule has 0 bridgehead atoms. The van der Waals surface area contributed by atoms with Crippen LogP contribution in [0.5, 0.6) is 0 Å². The number of amides is 1. The molecule has 0 spiro atoms. The number of aryl methyl sites for hydroxylation is 1. The summed E-state index contributed by atoms with van der Waals surface area (Å²) in [4.78, 5) is 23.3. The number of thiophene rings is 1. The molecular formula is C16H19N3O4S. The number of carbonyl (C=O) groups excluding carboxylic acids is 1. The number of nitrogens with zero attached hydrogens (tertiary/aromatic N) is 2. The van der Waals surface area contributed by atoms with Crippen molar-refractivity contribution in [2.45, 2.75) is 50.5 Å². The van der Waals surface area contributed by atoms with Crippen molar-refractivity contribution in [3.63, 3.8) is 0 Å². The van der Waals surface area contributed by atoms with Crippen molar-refractivity contribution in [2.75, 3.05) is 0 Å². The largest absolute Gasteiger partial charge is 0.481 e. The van der Waals surface area contributed by atoms with Crippen LogP contribution in [0.4, 0.5) is 0 Å². The number of hydrogen-bond acceptors (Lipinski definition) is 6. The first-order valence-electron chi connectivity index (χ1n) is 7.94. The molecule has 0 radical (unpaired) electrons. The van der Waals surface area contributed by atoms with Crippen LogP contribution in [0.3, 0.4) is 0 Å². The number of aliphatic carboxylic acids is 1. The topological polar surface area (TPSA) is 105 Å². The fourth-order valence-electron chi connectivity index (χ4n) is 3.12. The molecule has 2 aromatic rings. The maximum Gasteiger partial charge on any atom is 0.305 e. The Kier molecular flexibility index (Phi) is 4.94. The molecule has 1 amide bonds. The zero-order valence-corrected chi connectivity index (χ0v) is 14.0. The Morgan fingerprint density at radius 3 is 2.79 bits per heavy atom. The van der Waals surface area contributed by atoms with Crippen molar-refractivity contribution < 1.29 is 19.1 Å². The number of carboxylic acid groups (broad SMARTS) is 1. The number of hydrogen-bond donors (Lipinski definition) is 2. The third-order valence-electron chi connectivity index (χ3n) is 4.26. The van der Waals surface area contributed by atoms with Crippen molar-refractivity contribution in [3.8, 4) is 11.5 Å². The minimum atomic E-state index is -0.880. The lowest BCUT2D eigenvalue weighted by Gasteiger charge is -2.28. The van der Waals surface area contributed by atoms with Gasteiger partial charge < -0.3 is 14.8 Å². The molecule has 1 aliphatic rings. The summed E-state index contributed by atoms with van der Waals surface area (Å²) < 4.78 is 5.55. The van der Waals surface area contributed by atoms with Crippen molar-refractivity contribution in [1.82, 2.24) is 15.5 Å². The van der Waals surface area contributed by atoms with Gasteiger partial charge in [0.05, 0.1) is 12.0 Å². The Hall–Kier alpha value is -2.22. The smallest absolute Gasteiger partial charge is 0.305 e. The van der Waals surface area contributed by atoms with Crippen LogP contribution in [-0.4, -0.2) is 32.7 Å². The van der Waals surface area contributed by atoms with Gasteiger partial charge in [0.25, 0.3) is 0 Å². The van der Waals surface area contributed by atoms with Gasteiger partial charge in [-0.15, -0.1) is 10.2 Å². The van der Waals surface area contributed by atoms with E-state index in [-0.39, 0.29) is 18.7 Å². The molecule has 2 aromatic heterocycles. The Bertz CT molecular complexity index is 705. The molecule has 2 heterocycles. The minimum absolute atomic E-state index is 0.0262. The molecule has 7 nitrogen and oxygen atoms in total. The van der Waals surface area contributed by atoms with Crippen molar-refractivity contribution in [2.24, 2.45) is 0 Å². The quantitative estimate of drug-likeness (QED) is 0.796. The molecule has 128 valence electrons. The normalized spacial score (nSPS) is 16.2. The molecule has 3 rings (SSSR count). The lowest BCUT2D eigenvalue weighted by Crippen LogP contribution is -2.47. The monoisotopic (exact) mass is 349 g/mol. The molecule has 2 N–H and O–H groups in total. The van der Waals surface area contributed by atoms with Gasteiger partial charge in [-0.3, -0.25) is 9.59 Å². The second kappa shape index (κ2) is 7.12. The van der Waals surface area contributed by atoms with E-state index < -0.39 is 11.5 Å². The summed E-state index contributed by atoms with van der Waals surface area (Å²) >= 11 is 1.54. The standard InChI is InChI=1S/C16H19N3O4S/c20-12(17-16(9-14(21)22)6-1-2-7-16)3-4-13-18-19-15(23-13)11-5-8-24-10-11/h5,8,10H,1-4,6-7,9H2,(H,17,20)(H,21,22). The highest BCUT2D eigenvalue weighted by atomic mass is 32.1. The highest BCUT2D eigenvalue weighted by Gasteiger charge is 2.37. The summed E-state index contributed by atoms with van der Waals surface area (Å²) in [7, 11) is 0. The molecule has 1 aliphatic carbocycles. The van der Waals surface area contributed by atoms with Gasteiger partial charge >= 0.3 is 5.97 Å². The summed E-state index contributed by atoms with van der Waals surface area (Å²) in [6, 6.07) is 1.89. The van der Waals surface area contributed by atoms with E-state index in [0.29, 0.717) is 31.0 Å². The third kappa shape index (κ3) is 4.00. The van der Waals surface area contributed by atoms with Crippen molar-refractivity contribution in [1.29, 1.82) is 0 Å². The summed E-state index contributed by atoms with van der Waals surface area (Å²) in [6.45, 7) is 0. The second-order valence-electron chi connectivity index (χ2n) is 6.12. The Labute approximate surface area is 143 Å². The molecule has 0 unspecified atom stereocenters. The molecule has 0 aliphatic heterocycles. The van der Waals surface area contributed by atoms with Gasteiger partial charge in [0, 0.05) is 23.8 Å². The Morgan fingerprint density at radius 1 is 1.33 bits per heavy atom. The van der Waals surface area contributed by atoms with Gasteiger partial charge in [0.1, 0.15) is 0 Å². The van der Waals surface area contributed by atoms with Crippen LogP contribution in [0.15, 0.2) is 21.2 Å². The first-order valence-corrected chi connectivity index (χ1v) is 8.88. The predicted octanol–water partition coefficient (Wildman–Crippen LogP) is 2.63. The molecule has 0 atom stereocenters. The van der Waals surface area contributed by atoms with Gasteiger partial charge in [-0.1, -0.05) is 12.8 Å². The third-order valence-corrected chi connectivity index (χ3v) is 4.94. The maximum absolute atomic E-state index is 12.2. The Morgan fingerprint density at radius 2 is 2.12 bits per heavy atom. The number of rotatable bonds is 7. The van der Waals surface area contributed by atoms with Crippen LogP contribution < -0.4 is 5.32 Å². The molecular weight excluding hydrogens is 330 g/mol. The molecule has 24 heavy (non-hydrogen) atoms. The Balaban J connectivity index is 1.54. The first-order chi connectivity index (χ1) is 11.6. The average molecular weight is 349 g/mol. The van der Waals surface area contributed by atoms with Crippen LogP contribution in [0.1, 0.15) is 44.4 Å². The zero-order valence-electron chi connectivity index (χ0n) is 13.2. The lowest BCUT2D eigenvalue weighted by molar-refractivity contribution is -0.139. The molecule has 0 aromatic carbocycles. The average Bonchev–Trinajstić information content (AvgIpc) is 3.26. The first kappa shape index (κ1) is 16.6. The number of nitrogens with one attached hydrogen (secondary N) is 1. The molecule has 8 heteroatoms. The highest BCUT2D eigenvalue weighted by Crippen LogP contribution is 2.32. The minimum Gasteiger partial charge on any atom is -0.481 e. The predicted molar refractivity (Wildman–Crippen MR) is 87.5 cm³/mol. The maximum atomic E-state index is 12.2. The number of aromatic nitrogens is 2. The van der Waals surface area contributed by atoms with Gasteiger partial charge in [-0.05, 0) is 24.3 Å². The van der Waals surface area contributed by atoms with Crippen LogP contribution in [0, 0.1) is 0 Å². The van der Waals surface area contributed by atoms with E-state index in [1.54, 1.807) is 11.3 Å². The summed E-state index contributed by atoms with van der Waals surface area (Å²) in [6.07, 6.45) is 3.84. The van der Waals surface area contributed by atoms with Crippen LogP contribution in [0.25, 0.3) is 11.5 Å². The van der Waals surface area contributed by atoms with E-state index >= 15 is 0 Å². The van der Waals surface area contributed by atoms with E-state index in [4.69, 9.17) is 9.52 Å². The van der Waals surface area contributed by atoms with Crippen molar-refractivity contribution >= 4 is 23.2 Å². The molecule has 1 fully saturated rings. The van der Waals surface area contributed by atoms with Crippen molar-refractivity contribution in [3.05, 3.63) is 22.7 Å². The van der Waals surface area contributed by atoms with E-state index in [0.717, 1.165) is 18.4 Å². The second-order valence-corrected chi connectivity index (χ2v) is 6.90. The highest BCUT2D eigenvalue weighted by molar-refractivity contribution is 7.08. The fraction of sp³-hybridized carbons (Fsp3) is 0.500. The van der Waals surface area contributed by atoms with Gasteiger partial charge in [-0.2, -0.15) is 11.3 Å². The van der Waals surface area contributed by atoms with Gasteiger partial charge in [-0.25, -0.2) is 0 Å². The van der Waals surface area contributed by atoms with Crippen LogP contribution >= 0.6 is 11.3 Å². The van der Waals surface area contributed by atoms with Crippen LogP contribution in [-0.2, 0) is 16.0 Å². The van der Waals surface area contributed by atoms with E-state index in [1.165, 1.54) is 0 Å². The summed E-state index contributed by atoms with van der Waals surface area (Å²) in [5.41, 5.74) is 0.272. The SMILES string of the molecule is O=C(O)CC1(NC(=O)CCc2nnc(-c3ccsc3)o2)CCCC1. The van der Waals surface area contributed by atoms with Gasteiger partial charge in [0.15, 0.2) is 0 Å². The molecule has 1 saturated carbocycles. The van der Waals surface area contributed by atoms with Gasteiger partial charge in [0.2, 0.25) is 17.7 Å². The molecule has 0 saturated heterocycles. The fourth-order valence-corrected chi connectivity index (χ4v) is 3.75.